The van der Waals surface area contributed by atoms with Crippen LogP contribution in [0.5, 0.6) is 0 Å². The van der Waals surface area contributed by atoms with E-state index in [4.69, 9.17) is 4.98 Å². The zero-order chi connectivity index (χ0) is 19.5. The van der Waals surface area contributed by atoms with E-state index in [1.54, 1.807) is 0 Å². The van der Waals surface area contributed by atoms with Gasteiger partial charge in [0.15, 0.2) is 0 Å². The lowest BCUT2D eigenvalue weighted by Crippen LogP contribution is -2.40. The number of aromatic nitrogens is 1. The van der Waals surface area contributed by atoms with Crippen molar-refractivity contribution in [2.75, 3.05) is 11.9 Å². The molecule has 28 heavy (non-hydrogen) atoms. The second-order valence-corrected chi connectivity index (χ2v) is 13.6. The summed E-state index contributed by atoms with van der Waals surface area (Å²) >= 11 is 0. The first-order valence-corrected chi connectivity index (χ1v) is 13.3. The Labute approximate surface area is 167 Å². The highest BCUT2D eigenvalue weighted by Gasteiger charge is 2.30. The molecule has 138 valence electrons. The summed E-state index contributed by atoms with van der Waals surface area (Å²) < 4.78 is 0. The average Bonchev–Trinajstić information content (AvgIpc) is 2.71. The van der Waals surface area contributed by atoms with E-state index in [0.717, 1.165) is 11.4 Å². The van der Waals surface area contributed by atoms with E-state index in [0.29, 0.717) is 0 Å². The van der Waals surface area contributed by atoms with Gasteiger partial charge >= 0.3 is 0 Å². The largest absolute Gasteiger partial charge is 0.343 e. The highest BCUT2D eigenvalue weighted by Crippen LogP contribution is 2.46. The van der Waals surface area contributed by atoms with E-state index in [1.165, 1.54) is 38.5 Å². The molecule has 0 saturated heterocycles. The molecule has 2 heterocycles. The van der Waals surface area contributed by atoms with Crippen LogP contribution in [0.1, 0.15) is 0 Å². The molecular weight excluding hydrogens is 356 g/mol. The van der Waals surface area contributed by atoms with Gasteiger partial charge in [-0.25, -0.2) is 4.98 Å². The third-order valence-electron chi connectivity index (χ3n) is 5.69. The number of nitrogens with zero attached hydrogens (tertiary/aromatic N) is 2. The molecule has 2 nitrogen and oxygen atoms in total. The SMILES string of the molecule is CN1c2ccccc2-c2nc(-c3ccccc3)c([Si](C)(C)C)c3cccc1c23. The fourth-order valence-corrected chi connectivity index (χ4v) is 6.41. The van der Waals surface area contributed by atoms with Gasteiger partial charge in [-0.15, -0.1) is 0 Å². The molecule has 0 atom stereocenters. The summed E-state index contributed by atoms with van der Waals surface area (Å²) in [7, 11) is 0.508. The smallest absolute Gasteiger partial charge is 0.0829 e. The van der Waals surface area contributed by atoms with Crippen molar-refractivity contribution in [2.24, 2.45) is 0 Å². The van der Waals surface area contributed by atoms with Crippen LogP contribution in [0.2, 0.25) is 19.6 Å². The predicted molar refractivity (Wildman–Crippen MR) is 124 cm³/mol. The van der Waals surface area contributed by atoms with Gasteiger partial charge in [0.25, 0.3) is 0 Å². The topological polar surface area (TPSA) is 16.1 Å². The monoisotopic (exact) mass is 380 g/mol. The molecule has 0 spiro atoms. The molecule has 3 aromatic carbocycles. The first kappa shape index (κ1) is 17.2. The summed E-state index contributed by atoms with van der Waals surface area (Å²) in [6, 6.07) is 26.0. The summed E-state index contributed by atoms with van der Waals surface area (Å²) in [5.41, 5.74) is 7.15. The molecule has 3 heteroatoms. The molecule has 1 aliphatic heterocycles. The van der Waals surface area contributed by atoms with Gasteiger partial charge in [-0.05, 0) is 22.7 Å². The van der Waals surface area contributed by atoms with Crippen LogP contribution in [-0.4, -0.2) is 20.1 Å². The molecule has 1 aromatic heterocycles. The van der Waals surface area contributed by atoms with Crippen LogP contribution < -0.4 is 10.1 Å². The molecule has 1 aliphatic rings. The maximum Gasteiger partial charge on any atom is 0.0829 e. The van der Waals surface area contributed by atoms with Gasteiger partial charge in [-0.2, -0.15) is 0 Å². The maximum atomic E-state index is 5.35. The van der Waals surface area contributed by atoms with Crippen LogP contribution in [-0.2, 0) is 0 Å². The van der Waals surface area contributed by atoms with Gasteiger partial charge in [-0.1, -0.05) is 80.3 Å². The van der Waals surface area contributed by atoms with E-state index >= 15 is 0 Å². The van der Waals surface area contributed by atoms with Gasteiger partial charge < -0.3 is 4.90 Å². The van der Waals surface area contributed by atoms with Gasteiger partial charge in [0.1, 0.15) is 0 Å². The van der Waals surface area contributed by atoms with E-state index in [-0.39, 0.29) is 0 Å². The number of anilines is 2. The molecule has 4 aromatic rings. The second-order valence-electron chi connectivity index (χ2n) is 8.58. The van der Waals surface area contributed by atoms with E-state index in [2.05, 4.69) is 104 Å². The maximum absolute atomic E-state index is 5.35. The lowest BCUT2D eigenvalue weighted by Gasteiger charge is -2.32. The Morgan fingerprint density at radius 1 is 0.714 bits per heavy atom. The van der Waals surface area contributed by atoms with Crippen LogP contribution in [0.25, 0.3) is 33.3 Å². The summed E-state index contributed by atoms with van der Waals surface area (Å²) in [6.07, 6.45) is 0. The summed E-state index contributed by atoms with van der Waals surface area (Å²) in [6.45, 7) is 7.27. The summed E-state index contributed by atoms with van der Waals surface area (Å²) in [4.78, 5) is 7.66. The molecule has 0 N–H and O–H groups in total. The fourth-order valence-electron chi connectivity index (χ4n) is 4.48. The second kappa shape index (κ2) is 6.04. The molecular formula is C25H24N2Si. The van der Waals surface area contributed by atoms with Gasteiger partial charge in [0.05, 0.1) is 30.8 Å². The van der Waals surface area contributed by atoms with Crippen LogP contribution in [0, 0.1) is 0 Å². The standard InChI is InChI=1S/C25H24N2Si/c1-27-20-15-9-8-13-18(20)24-22-19(14-10-16-21(22)27)25(28(2,3)4)23(26-24)17-11-6-5-7-12-17/h5-16H,1-4H3. The van der Waals surface area contributed by atoms with Crippen LogP contribution in [0.3, 0.4) is 0 Å². The van der Waals surface area contributed by atoms with Crippen molar-refractivity contribution in [3.63, 3.8) is 0 Å². The fraction of sp³-hybridized carbons (Fsp3) is 0.160. The highest BCUT2D eigenvalue weighted by molar-refractivity contribution is 6.91. The van der Waals surface area contributed by atoms with Crippen molar-refractivity contribution in [1.29, 1.82) is 0 Å². The number of benzene rings is 3. The number of hydrogen-bond donors (Lipinski definition) is 0. The molecule has 0 aliphatic carbocycles. The molecule has 0 unspecified atom stereocenters. The van der Waals surface area contributed by atoms with E-state index in [9.17, 15) is 0 Å². The van der Waals surface area contributed by atoms with Gasteiger partial charge in [0, 0.05) is 23.6 Å². The van der Waals surface area contributed by atoms with Crippen molar-refractivity contribution in [3.8, 4) is 22.5 Å². The van der Waals surface area contributed by atoms with Crippen molar-refractivity contribution >= 4 is 35.4 Å². The minimum absolute atomic E-state index is 1.11. The predicted octanol–water partition coefficient (Wildman–Crippen LogP) is 6.20. The molecule has 0 saturated carbocycles. The van der Waals surface area contributed by atoms with Crippen molar-refractivity contribution in [1.82, 2.24) is 4.98 Å². The van der Waals surface area contributed by atoms with Crippen molar-refractivity contribution in [3.05, 3.63) is 72.8 Å². The first-order chi connectivity index (χ1) is 13.5. The molecule has 0 fully saturated rings. The summed E-state index contributed by atoms with van der Waals surface area (Å²) in [5, 5.41) is 4.11. The van der Waals surface area contributed by atoms with Crippen molar-refractivity contribution < 1.29 is 0 Å². The van der Waals surface area contributed by atoms with Gasteiger partial charge in [0.2, 0.25) is 0 Å². The Hall–Kier alpha value is -2.91. The van der Waals surface area contributed by atoms with E-state index in [1.807, 2.05) is 0 Å². The Morgan fingerprint density at radius 3 is 2.14 bits per heavy atom. The quantitative estimate of drug-likeness (QED) is 0.385. The number of para-hydroxylation sites is 1. The number of fused-ring (bicyclic) bond motifs is 2. The van der Waals surface area contributed by atoms with Crippen LogP contribution >= 0.6 is 0 Å². The third kappa shape index (κ3) is 2.43. The normalized spacial score (nSPS) is 12.9. The van der Waals surface area contributed by atoms with Crippen LogP contribution in [0.15, 0.2) is 72.8 Å². The molecule has 0 bridgehead atoms. The first-order valence-electron chi connectivity index (χ1n) is 9.82. The number of pyridine rings is 1. The zero-order valence-corrected chi connectivity index (χ0v) is 17.8. The zero-order valence-electron chi connectivity index (χ0n) is 16.8. The molecule has 5 rings (SSSR count). The lowest BCUT2D eigenvalue weighted by molar-refractivity contribution is 1.20. The van der Waals surface area contributed by atoms with Crippen molar-refractivity contribution in [2.45, 2.75) is 19.6 Å². The van der Waals surface area contributed by atoms with Gasteiger partial charge in [-0.3, -0.25) is 0 Å². The van der Waals surface area contributed by atoms with Crippen LogP contribution in [0.4, 0.5) is 11.4 Å². The number of hydrogen-bond acceptors (Lipinski definition) is 2. The average molecular weight is 381 g/mol. The minimum Gasteiger partial charge on any atom is -0.343 e. The Kier molecular flexibility index (Phi) is 3.71. The number of rotatable bonds is 2. The lowest BCUT2D eigenvalue weighted by atomic mass is 9.94. The third-order valence-corrected chi connectivity index (χ3v) is 7.69. The molecule has 0 radical (unpaired) electrons. The van der Waals surface area contributed by atoms with E-state index < -0.39 is 8.07 Å². The Balaban J connectivity index is 2.00. The molecule has 0 amide bonds. The highest BCUT2D eigenvalue weighted by atomic mass is 28.3. The summed E-state index contributed by atoms with van der Waals surface area (Å²) in [5.74, 6) is 0. The minimum atomic E-state index is -1.65. The Bertz CT molecular complexity index is 1210. The Morgan fingerprint density at radius 2 is 1.39 bits per heavy atom.